The second-order valence-corrected chi connectivity index (χ2v) is 9.57. The van der Waals surface area contributed by atoms with Crippen LogP contribution in [-0.4, -0.2) is 33.0 Å². The number of rotatable bonds is 5. The third kappa shape index (κ3) is 4.37. The van der Waals surface area contributed by atoms with E-state index in [9.17, 15) is 9.59 Å². The number of aliphatic imine (C=N–C) groups is 1. The number of para-hydroxylation sites is 1. The predicted molar refractivity (Wildman–Crippen MR) is 130 cm³/mol. The molecule has 0 unspecified atom stereocenters. The van der Waals surface area contributed by atoms with Gasteiger partial charge < -0.3 is 5.32 Å². The van der Waals surface area contributed by atoms with Crippen LogP contribution in [0.3, 0.4) is 0 Å². The van der Waals surface area contributed by atoms with Crippen LogP contribution in [0.15, 0.2) is 88.3 Å². The lowest BCUT2D eigenvalue weighted by molar-refractivity contribution is -0.121. The molecule has 0 bridgehead atoms. The van der Waals surface area contributed by atoms with E-state index < -0.39 is 5.25 Å². The maximum absolute atomic E-state index is 12.6. The number of thioether (sulfide) groups is 1. The molecular weight excluding hydrogens is 440 g/mol. The number of hydrogen-bond donors (Lipinski definition) is 1. The number of benzene rings is 2. The number of carbonyl (C=O) groups is 2. The highest BCUT2D eigenvalue weighted by atomic mass is 32.2. The summed E-state index contributed by atoms with van der Waals surface area (Å²) in [5, 5.41) is 11.6. The van der Waals surface area contributed by atoms with Gasteiger partial charge in [-0.1, -0.05) is 66.4 Å². The molecule has 6 nitrogen and oxygen atoms in total. The lowest BCUT2D eigenvalue weighted by atomic mass is 10.0. The van der Waals surface area contributed by atoms with Gasteiger partial charge in [-0.15, -0.1) is 11.3 Å². The van der Waals surface area contributed by atoms with Crippen molar-refractivity contribution in [2.24, 2.45) is 10.1 Å². The van der Waals surface area contributed by atoms with E-state index in [2.05, 4.69) is 28.5 Å². The summed E-state index contributed by atoms with van der Waals surface area (Å²) in [6, 6.07) is 23.4. The van der Waals surface area contributed by atoms with E-state index in [1.54, 1.807) is 11.3 Å². The Kier molecular flexibility index (Phi) is 5.87. The van der Waals surface area contributed by atoms with Crippen LogP contribution in [0.2, 0.25) is 0 Å². The molecule has 2 amide bonds. The van der Waals surface area contributed by atoms with Crippen molar-refractivity contribution in [3.63, 3.8) is 0 Å². The smallest absolute Gasteiger partial charge is 0.262 e. The van der Waals surface area contributed by atoms with E-state index in [0.29, 0.717) is 10.9 Å². The van der Waals surface area contributed by atoms with Crippen molar-refractivity contribution in [3.05, 3.63) is 88.6 Å². The first-order valence-corrected chi connectivity index (χ1v) is 12.0. The maximum atomic E-state index is 12.6. The maximum Gasteiger partial charge on any atom is 0.262 e. The lowest BCUT2D eigenvalue weighted by Gasteiger charge is -2.23. The molecule has 2 aromatic carbocycles. The molecule has 0 radical (unpaired) electrons. The van der Waals surface area contributed by atoms with Gasteiger partial charge in [0.2, 0.25) is 5.91 Å². The van der Waals surface area contributed by atoms with Crippen molar-refractivity contribution in [2.75, 3.05) is 5.32 Å². The molecule has 2 aliphatic rings. The number of amidine groups is 1. The van der Waals surface area contributed by atoms with E-state index in [4.69, 9.17) is 5.10 Å². The van der Waals surface area contributed by atoms with Crippen LogP contribution in [0, 0.1) is 0 Å². The standard InChI is InChI=1S/C24H20N4O2S2/c29-22(25-17-10-5-2-6-11-17)15-21-23(30)26-24(32-21)28-19(16-8-3-1-4-9-16)14-18(27-28)20-12-7-13-31-20/h1-13,19,21H,14-15H2,(H,25,29)/t19-,21+/m1/s1. The molecule has 2 aliphatic heterocycles. The van der Waals surface area contributed by atoms with Crippen molar-refractivity contribution in [3.8, 4) is 0 Å². The van der Waals surface area contributed by atoms with Crippen LogP contribution in [-0.2, 0) is 9.59 Å². The number of nitrogens with zero attached hydrogens (tertiary/aromatic N) is 3. The molecule has 0 saturated carbocycles. The Balaban J connectivity index is 1.33. The van der Waals surface area contributed by atoms with Crippen molar-refractivity contribution in [1.29, 1.82) is 0 Å². The quantitative estimate of drug-likeness (QED) is 0.586. The molecule has 0 spiro atoms. The average molecular weight is 461 g/mol. The minimum absolute atomic E-state index is 0.0377. The molecule has 3 aromatic rings. The summed E-state index contributed by atoms with van der Waals surface area (Å²) < 4.78 is 0. The van der Waals surface area contributed by atoms with E-state index in [1.165, 1.54) is 11.8 Å². The zero-order valence-electron chi connectivity index (χ0n) is 17.0. The molecule has 0 aliphatic carbocycles. The minimum atomic E-state index is -0.550. The Labute approximate surface area is 194 Å². The SMILES string of the molecule is O=C(C[C@@H]1SC(N2N=C(c3cccs3)C[C@@H]2c2ccccc2)=NC1=O)Nc1ccccc1. The highest BCUT2D eigenvalue weighted by Gasteiger charge is 2.39. The number of nitrogens with one attached hydrogen (secondary N) is 1. The molecule has 2 atom stereocenters. The number of hydrogen-bond acceptors (Lipinski definition) is 6. The molecule has 5 rings (SSSR count). The highest BCUT2D eigenvalue weighted by Crippen LogP contribution is 2.39. The molecule has 0 saturated heterocycles. The Morgan fingerprint density at radius 1 is 1.03 bits per heavy atom. The number of hydrazone groups is 1. The van der Waals surface area contributed by atoms with Crippen LogP contribution in [0.4, 0.5) is 5.69 Å². The second kappa shape index (κ2) is 9.10. The number of carbonyl (C=O) groups excluding carboxylic acids is 2. The van der Waals surface area contributed by atoms with Gasteiger partial charge in [0, 0.05) is 18.5 Å². The van der Waals surface area contributed by atoms with Gasteiger partial charge >= 0.3 is 0 Å². The van der Waals surface area contributed by atoms with Gasteiger partial charge in [-0.05, 0) is 29.1 Å². The molecule has 160 valence electrons. The number of thiophene rings is 1. The van der Waals surface area contributed by atoms with Crippen LogP contribution in [0.5, 0.6) is 0 Å². The van der Waals surface area contributed by atoms with Crippen LogP contribution in [0.1, 0.15) is 29.3 Å². The fraction of sp³-hybridized carbons (Fsp3) is 0.167. The number of amides is 2. The summed E-state index contributed by atoms with van der Waals surface area (Å²) in [6.45, 7) is 0. The molecule has 8 heteroatoms. The van der Waals surface area contributed by atoms with Gasteiger partial charge in [0.25, 0.3) is 5.91 Å². The Morgan fingerprint density at radius 2 is 1.78 bits per heavy atom. The van der Waals surface area contributed by atoms with Gasteiger partial charge in [-0.25, -0.2) is 5.01 Å². The topological polar surface area (TPSA) is 74.1 Å². The molecule has 1 N–H and O–H groups in total. The Morgan fingerprint density at radius 3 is 2.50 bits per heavy atom. The fourth-order valence-electron chi connectivity index (χ4n) is 3.72. The van der Waals surface area contributed by atoms with Gasteiger partial charge in [0.05, 0.1) is 16.6 Å². The first-order valence-electron chi connectivity index (χ1n) is 10.3. The van der Waals surface area contributed by atoms with Crippen LogP contribution in [0.25, 0.3) is 0 Å². The minimum Gasteiger partial charge on any atom is -0.326 e. The third-order valence-corrected chi connectivity index (χ3v) is 7.31. The molecule has 32 heavy (non-hydrogen) atoms. The zero-order valence-corrected chi connectivity index (χ0v) is 18.7. The normalized spacial score (nSPS) is 20.2. The summed E-state index contributed by atoms with van der Waals surface area (Å²) in [5.41, 5.74) is 2.81. The van der Waals surface area contributed by atoms with Crippen LogP contribution >= 0.6 is 23.1 Å². The fourth-order valence-corrected chi connectivity index (χ4v) is 5.50. The van der Waals surface area contributed by atoms with Crippen molar-refractivity contribution < 1.29 is 9.59 Å². The van der Waals surface area contributed by atoms with Crippen molar-refractivity contribution >= 4 is 51.5 Å². The van der Waals surface area contributed by atoms with E-state index in [1.807, 2.05) is 65.0 Å². The monoisotopic (exact) mass is 460 g/mol. The Hall–Kier alpha value is -3.23. The van der Waals surface area contributed by atoms with E-state index in [0.717, 1.165) is 22.6 Å². The second-order valence-electron chi connectivity index (χ2n) is 7.46. The molecule has 0 fully saturated rings. The van der Waals surface area contributed by atoms with Gasteiger partial charge in [0.15, 0.2) is 5.17 Å². The highest BCUT2D eigenvalue weighted by molar-refractivity contribution is 8.15. The van der Waals surface area contributed by atoms with E-state index >= 15 is 0 Å². The van der Waals surface area contributed by atoms with Crippen molar-refractivity contribution in [1.82, 2.24) is 5.01 Å². The van der Waals surface area contributed by atoms with Crippen LogP contribution < -0.4 is 5.32 Å². The summed E-state index contributed by atoms with van der Waals surface area (Å²) in [6.07, 6.45) is 0.800. The van der Waals surface area contributed by atoms with E-state index in [-0.39, 0.29) is 24.3 Å². The molecule has 1 aromatic heterocycles. The zero-order chi connectivity index (χ0) is 21.9. The summed E-state index contributed by atoms with van der Waals surface area (Å²) in [4.78, 5) is 30.5. The number of anilines is 1. The summed E-state index contributed by atoms with van der Waals surface area (Å²) in [7, 11) is 0. The van der Waals surface area contributed by atoms with Gasteiger partial charge in [0.1, 0.15) is 5.25 Å². The third-order valence-electron chi connectivity index (χ3n) is 5.25. The first-order chi connectivity index (χ1) is 15.7. The summed E-state index contributed by atoms with van der Waals surface area (Å²) in [5.74, 6) is -0.498. The molecule has 3 heterocycles. The molecular formula is C24H20N4O2S2. The first kappa shape index (κ1) is 20.7. The average Bonchev–Trinajstić information content (AvgIpc) is 3.55. The Bertz CT molecular complexity index is 1180. The predicted octanol–water partition coefficient (Wildman–Crippen LogP) is 4.93. The lowest BCUT2D eigenvalue weighted by Crippen LogP contribution is -2.25. The largest absolute Gasteiger partial charge is 0.326 e. The van der Waals surface area contributed by atoms with Crippen molar-refractivity contribution in [2.45, 2.75) is 24.1 Å². The summed E-state index contributed by atoms with van der Waals surface area (Å²) >= 11 is 2.96. The van der Waals surface area contributed by atoms with Gasteiger partial charge in [-0.3, -0.25) is 9.59 Å². The van der Waals surface area contributed by atoms with Gasteiger partial charge in [-0.2, -0.15) is 10.1 Å².